The maximum absolute atomic E-state index is 12.2. The molecule has 20 nitrogen and oxygen atoms in total. The Morgan fingerprint density at radius 3 is 1.41 bits per heavy atom. The fourth-order valence-corrected chi connectivity index (χ4v) is 6.13. The number of hydrogen-bond acceptors (Lipinski definition) is 16. The Bertz CT molecular complexity index is 2140. The van der Waals surface area contributed by atoms with E-state index < -0.39 is 34.6 Å². The van der Waals surface area contributed by atoms with Gasteiger partial charge in [-0.25, -0.2) is 19.2 Å². The molecule has 0 atom stereocenters. The highest BCUT2D eigenvalue weighted by atomic mass is 35.5. The van der Waals surface area contributed by atoms with E-state index in [2.05, 4.69) is 31.0 Å². The molecule has 5 rings (SSSR count). The van der Waals surface area contributed by atoms with E-state index in [-0.39, 0.29) is 47.3 Å². The van der Waals surface area contributed by atoms with Gasteiger partial charge in [0.2, 0.25) is 0 Å². The van der Waals surface area contributed by atoms with Crippen molar-refractivity contribution in [3.05, 3.63) is 40.6 Å². The fraction of sp³-hybridized carbons (Fsp3) is 0.652. The van der Waals surface area contributed by atoms with Gasteiger partial charge in [-0.05, 0) is 135 Å². The van der Waals surface area contributed by atoms with Crippen LogP contribution in [0.15, 0.2) is 29.8 Å². The second-order valence-corrected chi connectivity index (χ2v) is 21.3. The summed E-state index contributed by atoms with van der Waals surface area (Å²) in [5.41, 5.74) is -0.258. The van der Waals surface area contributed by atoms with Crippen LogP contribution in [0.25, 0.3) is 5.57 Å². The first-order valence-corrected chi connectivity index (χ1v) is 22.7. The number of nitrogens with one attached hydrogen (secondary N) is 2. The molecule has 0 bridgehead atoms. The molecule has 2 N–H and O–H groups in total. The van der Waals surface area contributed by atoms with Gasteiger partial charge in [0.25, 0.3) is 0 Å². The second kappa shape index (κ2) is 22.8. The number of rotatable bonds is 6. The van der Waals surface area contributed by atoms with Crippen molar-refractivity contribution in [3.63, 3.8) is 0 Å². The highest BCUT2D eigenvalue weighted by Gasteiger charge is 2.52. The van der Waals surface area contributed by atoms with Crippen LogP contribution >= 0.6 is 11.6 Å². The fourth-order valence-electron chi connectivity index (χ4n) is 5.96. The van der Waals surface area contributed by atoms with Crippen LogP contribution in [-0.2, 0) is 28.3 Å². The normalized spacial score (nSPS) is 16.8. The third-order valence-corrected chi connectivity index (χ3v) is 10.1. The summed E-state index contributed by atoms with van der Waals surface area (Å²) >= 11 is 5.70. The van der Waals surface area contributed by atoms with Gasteiger partial charge < -0.3 is 47.5 Å². The van der Waals surface area contributed by atoms with Gasteiger partial charge in [0, 0.05) is 38.3 Å². The van der Waals surface area contributed by atoms with E-state index in [0.29, 0.717) is 49.8 Å². The minimum Gasteiger partial charge on any atom is -0.494 e. The number of halogens is 1. The van der Waals surface area contributed by atoms with E-state index >= 15 is 0 Å². The van der Waals surface area contributed by atoms with Crippen molar-refractivity contribution in [2.45, 2.75) is 157 Å². The Labute approximate surface area is 406 Å². The van der Waals surface area contributed by atoms with Crippen molar-refractivity contribution >= 4 is 60.3 Å². The van der Waals surface area contributed by atoms with Crippen LogP contribution in [-0.4, -0.2) is 136 Å². The second-order valence-electron chi connectivity index (χ2n) is 20.9. The van der Waals surface area contributed by atoms with Crippen molar-refractivity contribution in [2.75, 3.05) is 51.0 Å². The number of hydrogen-bond donors (Lipinski definition) is 2. The average Bonchev–Trinajstić information content (AvgIpc) is 3.42. The summed E-state index contributed by atoms with van der Waals surface area (Å²) in [5.74, 6) is 1.24. The van der Waals surface area contributed by atoms with Crippen LogP contribution in [0, 0.1) is 0 Å². The lowest BCUT2D eigenvalue weighted by atomic mass is 9.75. The molecule has 0 spiro atoms. The number of nitrogens with zero attached hydrogens (tertiary/aromatic N) is 6. The lowest BCUT2D eigenvalue weighted by molar-refractivity contribution is 0.00578. The largest absolute Gasteiger partial charge is 0.494 e. The first-order chi connectivity index (χ1) is 31.1. The molecule has 68 heavy (non-hydrogen) atoms. The molecule has 3 aliphatic rings. The molecule has 1 saturated heterocycles. The number of amides is 4. The number of ether oxygens (including phenoxy) is 6. The highest BCUT2D eigenvalue weighted by Crippen LogP contribution is 2.39. The molecular formula is C46H72BClN8O12. The van der Waals surface area contributed by atoms with Crippen LogP contribution in [0.5, 0.6) is 11.5 Å². The number of carbonyl (C=O) groups is 4. The van der Waals surface area contributed by atoms with Crippen molar-refractivity contribution < 1.29 is 56.9 Å². The molecule has 3 aliphatic heterocycles. The highest BCUT2D eigenvalue weighted by molar-refractivity contribution is 6.54. The number of carbonyl (C=O) groups excluding carboxylic acids is 4. The molecular weight excluding hydrogens is 903 g/mol. The van der Waals surface area contributed by atoms with Crippen LogP contribution in [0.3, 0.4) is 0 Å². The molecule has 0 aliphatic carbocycles. The summed E-state index contributed by atoms with van der Waals surface area (Å²) in [6, 6.07) is 3.05. The van der Waals surface area contributed by atoms with E-state index in [1.54, 1.807) is 57.4 Å². The Morgan fingerprint density at radius 1 is 0.618 bits per heavy atom. The van der Waals surface area contributed by atoms with Gasteiger partial charge in [-0.2, -0.15) is 0 Å². The average molecular weight is 975 g/mol. The molecule has 22 heteroatoms. The van der Waals surface area contributed by atoms with Gasteiger partial charge in [0.15, 0.2) is 22.5 Å². The summed E-state index contributed by atoms with van der Waals surface area (Å²) < 4.78 is 43.5. The molecule has 5 heterocycles. The van der Waals surface area contributed by atoms with Crippen molar-refractivity contribution in [2.24, 2.45) is 0 Å². The standard InChI is InChI=1S/C20H30N4O5.C16H28BNO4.C10H14ClN3O3/c1-19(2,3)28-17(25)21-15-12-14(27-7)16(23-22-15)13-8-10-24(11-9-13)18(26)29-20(4,5)6;1-14(2,3)20-13(19)18-10-8-12(9-11-18)17-21-15(4,5)16(6,7)22-17;1-10(2,3)17-9(15)12-7-5-6(16-4)8(11)14-13-7/h8,12H,9-11H2,1-7H3,(H,21,22,25);8H,9-11H2,1-7H3;5H,1-4H3,(H,12,13,15). The predicted octanol–water partition coefficient (Wildman–Crippen LogP) is 9.53. The lowest BCUT2D eigenvalue weighted by Crippen LogP contribution is -2.41. The molecule has 4 amide bonds. The van der Waals surface area contributed by atoms with Crippen LogP contribution in [0.2, 0.25) is 5.15 Å². The van der Waals surface area contributed by atoms with Gasteiger partial charge in [-0.1, -0.05) is 23.8 Å². The van der Waals surface area contributed by atoms with E-state index in [9.17, 15) is 19.2 Å². The Hall–Kier alpha value is -5.41. The maximum atomic E-state index is 12.2. The summed E-state index contributed by atoms with van der Waals surface area (Å²) in [4.78, 5) is 50.9. The summed E-state index contributed by atoms with van der Waals surface area (Å²) in [7, 11) is 2.65. The summed E-state index contributed by atoms with van der Waals surface area (Å²) in [6.45, 7) is 32.0. The number of aromatic nitrogens is 4. The van der Waals surface area contributed by atoms with E-state index in [1.807, 2.05) is 81.4 Å². The van der Waals surface area contributed by atoms with Crippen molar-refractivity contribution in [1.82, 2.24) is 30.2 Å². The van der Waals surface area contributed by atoms with Gasteiger partial charge >= 0.3 is 31.5 Å². The monoisotopic (exact) mass is 975 g/mol. The lowest BCUT2D eigenvalue weighted by Gasteiger charge is -2.32. The zero-order chi connectivity index (χ0) is 51.6. The molecule has 378 valence electrons. The number of anilines is 2. The Kier molecular flexibility index (Phi) is 19.1. The smallest absolute Gasteiger partial charge is 0.490 e. The van der Waals surface area contributed by atoms with Gasteiger partial charge in [0.1, 0.15) is 33.8 Å². The minimum absolute atomic E-state index is 0.127. The Balaban J connectivity index is 0.000000280. The van der Waals surface area contributed by atoms with Crippen LogP contribution < -0.4 is 20.1 Å². The van der Waals surface area contributed by atoms with Crippen LogP contribution in [0.1, 0.15) is 129 Å². The minimum atomic E-state index is -0.619. The Morgan fingerprint density at radius 2 is 1.03 bits per heavy atom. The van der Waals surface area contributed by atoms with E-state index in [4.69, 9.17) is 49.3 Å². The summed E-state index contributed by atoms with van der Waals surface area (Å²) in [6.07, 6.45) is 3.41. The molecule has 0 saturated carbocycles. The molecule has 0 aromatic carbocycles. The topological polar surface area (TPSA) is 224 Å². The quantitative estimate of drug-likeness (QED) is 0.203. The maximum Gasteiger partial charge on any atom is 0.490 e. The molecule has 0 radical (unpaired) electrons. The van der Waals surface area contributed by atoms with Gasteiger partial charge in [-0.15, -0.1) is 20.4 Å². The molecule has 1 fully saturated rings. The van der Waals surface area contributed by atoms with E-state index in [1.165, 1.54) is 20.3 Å². The molecule has 0 unspecified atom stereocenters. The molecule has 2 aromatic rings. The zero-order valence-electron chi connectivity index (χ0n) is 43.1. The predicted molar refractivity (Wildman–Crippen MR) is 259 cm³/mol. The third kappa shape index (κ3) is 18.6. The molecule has 2 aromatic heterocycles. The van der Waals surface area contributed by atoms with E-state index in [0.717, 1.165) is 17.5 Å². The van der Waals surface area contributed by atoms with Gasteiger partial charge in [-0.3, -0.25) is 10.6 Å². The zero-order valence-corrected chi connectivity index (χ0v) is 43.8. The van der Waals surface area contributed by atoms with Crippen molar-refractivity contribution in [1.29, 1.82) is 0 Å². The number of methoxy groups -OCH3 is 2. The summed E-state index contributed by atoms with van der Waals surface area (Å²) in [5, 5.41) is 20.7. The first-order valence-electron chi connectivity index (χ1n) is 22.3. The van der Waals surface area contributed by atoms with Crippen LogP contribution in [0.4, 0.5) is 30.8 Å². The third-order valence-electron chi connectivity index (χ3n) is 9.79. The first kappa shape index (κ1) is 56.9. The van der Waals surface area contributed by atoms with Gasteiger partial charge in [0.05, 0.1) is 25.4 Å². The SMILES string of the molecule is CC(C)(C)OC(=O)N1CC=C(B2OC(C)(C)C(C)(C)O2)CC1.COc1cc(NC(=O)OC(C)(C)C)nnc1C1=CCN(C(=O)OC(C)(C)C)CC1.COc1cc(NC(=O)OC(C)(C)C)nnc1Cl. The van der Waals surface area contributed by atoms with Crippen molar-refractivity contribution in [3.8, 4) is 11.5 Å².